The Morgan fingerprint density at radius 2 is 1.94 bits per heavy atom. The highest BCUT2D eigenvalue weighted by atomic mass is 16.5. The molecule has 2 fully saturated rings. The first-order valence-electron chi connectivity index (χ1n) is 11.1. The van der Waals surface area contributed by atoms with E-state index in [0.29, 0.717) is 39.0 Å². The molecule has 0 spiro atoms. The van der Waals surface area contributed by atoms with Crippen LogP contribution in [0.1, 0.15) is 24.0 Å². The Balaban J connectivity index is 1.23. The summed E-state index contributed by atoms with van der Waals surface area (Å²) < 4.78 is 7.25. The van der Waals surface area contributed by atoms with Crippen molar-refractivity contribution in [3.8, 4) is 0 Å². The third kappa shape index (κ3) is 6.15. The van der Waals surface area contributed by atoms with Crippen LogP contribution in [0.5, 0.6) is 0 Å². The molecule has 0 saturated carbocycles. The molecule has 2 aromatic rings. The number of likely N-dealkylation sites (tertiary alicyclic amines) is 1. The maximum atomic E-state index is 12.7. The predicted octanol–water partition coefficient (Wildman–Crippen LogP) is 1.12. The van der Waals surface area contributed by atoms with Crippen molar-refractivity contribution in [1.29, 1.82) is 0 Å². The molecule has 0 unspecified atom stereocenters. The van der Waals surface area contributed by atoms with Gasteiger partial charge in [-0.3, -0.25) is 19.2 Å². The molecule has 1 atom stereocenters. The number of benzene rings is 1. The number of nitrogens with one attached hydrogen (secondary N) is 1. The first kappa shape index (κ1) is 21.5. The summed E-state index contributed by atoms with van der Waals surface area (Å²) in [6, 6.07) is 10.2. The normalized spacial score (nSPS) is 20.1. The highest BCUT2D eigenvalue weighted by molar-refractivity contribution is 5.83. The zero-order chi connectivity index (χ0) is 21.5. The summed E-state index contributed by atoms with van der Waals surface area (Å²) in [5, 5.41) is 7.42. The van der Waals surface area contributed by atoms with Gasteiger partial charge in [-0.2, -0.15) is 5.10 Å². The second kappa shape index (κ2) is 10.5. The molecule has 1 aromatic heterocycles. The summed E-state index contributed by atoms with van der Waals surface area (Å²) in [4.78, 5) is 29.2. The SMILES string of the molecule is O=C(NCc1cnn(Cc2ccccc2)c1)[C@H]1CCC(=O)N(CCN2CCOCC2)C1. The van der Waals surface area contributed by atoms with Crippen LogP contribution in [-0.2, 0) is 27.4 Å². The molecule has 2 amide bonds. The van der Waals surface area contributed by atoms with E-state index >= 15 is 0 Å². The van der Waals surface area contributed by atoms with Gasteiger partial charge in [0.1, 0.15) is 0 Å². The van der Waals surface area contributed by atoms with Crippen LogP contribution in [0.25, 0.3) is 0 Å². The number of hydrogen-bond donors (Lipinski definition) is 1. The third-order valence-electron chi connectivity index (χ3n) is 6.00. The smallest absolute Gasteiger partial charge is 0.225 e. The molecule has 4 rings (SSSR count). The van der Waals surface area contributed by atoms with Crippen LogP contribution >= 0.6 is 0 Å². The summed E-state index contributed by atoms with van der Waals surface area (Å²) in [5.74, 6) is 0.0148. The van der Waals surface area contributed by atoms with Crippen molar-refractivity contribution < 1.29 is 14.3 Å². The number of carbonyl (C=O) groups is 2. The monoisotopic (exact) mass is 425 g/mol. The molecular formula is C23H31N5O3. The maximum Gasteiger partial charge on any atom is 0.225 e. The molecule has 0 aliphatic carbocycles. The second-order valence-corrected chi connectivity index (χ2v) is 8.28. The Labute approximate surface area is 183 Å². The van der Waals surface area contributed by atoms with Crippen molar-refractivity contribution in [1.82, 2.24) is 24.9 Å². The molecule has 1 N–H and O–H groups in total. The van der Waals surface area contributed by atoms with Gasteiger partial charge in [0.05, 0.1) is 31.9 Å². The Morgan fingerprint density at radius 3 is 2.74 bits per heavy atom. The summed E-state index contributed by atoms with van der Waals surface area (Å²) in [5.41, 5.74) is 2.16. The number of ether oxygens (including phenoxy) is 1. The molecule has 2 saturated heterocycles. The van der Waals surface area contributed by atoms with Gasteiger partial charge in [-0.1, -0.05) is 30.3 Å². The van der Waals surface area contributed by atoms with Crippen LogP contribution in [0.2, 0.25) is 0 Å². The quantitative estimate of drug-likeness (QED) is 0.686. The highest BCUT2D eigenvalue weighted by Crippen LogP contribution is 2.18. The Bertz CT molecular complexity index is 863. The van der Waals surface area contributed by atoms with E-state index < -0.39 is 0 Å². The van der Waals surface area contributed by atoms with Crippen molar-refractivity contribution in [3.63, 3.8) is 0 Å². The highest BCUT2D eigenvalue weighted by Gasteiger charge is 2.30. The molecule has 166 valence electrons. The minimum atomic E-state index is -0.151. The lowest BCUT2D eigenvalue weighted by atomic mass is 9.96. The third-order valence-corrected chi connectivity index (χ3v) is 6.00. The molecule has 3 heterocycles. The predicted molar refractivity (Wildman–Crippen MR) is 116 cm³/mol. The van der Waals surface area contributed by atoms with Crippen LogP contribution < -0.4 is 5.32 Å². The van der Waals surface area contributed by atoms with Crippen LogP contribution in [-0.4, -0.2) is 77.3 Å². The van der Waals surface area contributed by atoms with E-state index in [1.165, 1.54) is 5.56 Å². The fraction of sp³-hybridized carbons (Fsp3) is 0.522. The Hall–Kier alpha value is -2.71. The lowest BCUT2D eigenvalue weighted by molar-refractivity contribution is -0.138. The number of aromatic nitrogens is 2. The van der Waals surface area contributed by atoms with Crippen molar-refractivity contribution in [2.75, 3.05) is 45.9 Å². The minimum Gasteiger partial charge on any atom is -0.379 e. The molecular weight excluding hydrogens is 394 g/mol. The number of rotatable bonds is 8. The van der Waals surface area contributed by atoms with Crippen molar-refractivity contribution in [2.45, 2.75) is 25.9 Å². The molecule has 0 radical (unpaired) electrons. The molecule has 8 nitrogen and oxygen atoms in total. The van der Waals surface area contributed by atoms with E-state index in [0.717, 1.165) is 38.4 Å². The van der Waals surface area contributed by atoms with Gasteiger partial charge in [-0.15, -0.1) is 0 Å². The van der Waals surface area contributed by atoms with Gasteiger partial charge in [-0.25, -0.2) is 0 Å². The van der Waals surface area contributed by atoms with Gasteiger partial charge in [0, 0.05) is 57.4 Å². The maximum absolute atomic E-state index is 12.7. The fourth-order valence-corrected chi connectivity index (χ4v) is 4.12. The van der Waals surface area contributed by atoms with Crippen LogP contribution in [0.3, 0.4) is 0 Å². The van der Waals surface area contributed by atoms with Crippen molar-refractivity contribution in [3.05, 3.63) is 53.9 Å². The van der Waals surface area contributed by atoms with Gasteiger partial charge in [0.15, 0.2) is 0 Å². The fourth-order valence-electron chi connectivity index (χ4n) is 4.12. The summed E-state index contributed by atoms with van der Waals surface area (Å²) in [7, 11) is 0. The van der Waals surface area contributed by atoms with Crippen LogP contribution in [0.4, 0.5) is 0 Å². The molecule has 8 heteroatoms. The van der Waals surface area contributed by atoms with Crippen LogP contribution in [0, 0.1) is 5.92 Å². The summed E-state index contributed by atoms with van der Waals surface area (Å²) >= 11 is 0. The number of piperidine rings is 1. The molecule has 1 aromatic carbocycles. The van der Waals surface area contributed by atoms with E-state index in [1.807, 2.05) is 34.0 Å². The van der Waals surface area contributed by atoms with Gasteiger partial charge in [0.2, 0.25) is 11.8 Å². The van der Waals surface area contributed by atoms with Crippen LogP contribution in [0.15, 0.2) is 42.7 Å². The molecule has 0 bridgehead atoms. The average Bonchev–Trinajstić information content (AvgIpc) is 3.25. The number of amides is 2. The van der Waals surface area contributed by atoms with Gasteiger partial charge in [0.25, 0.3) is 0 Å². The first-order chi connectivity index (χ1) is 15.2. The van der Waals surface area contributed by atoms with E-state index in [2.05, 4.69) is 27.4 Å². The number of morpholine rings is 1. The van der Waals surface area contributed by atoms with Gasteiger partial charge < -0.3 is 15.0 Å². The van der Waals surface area contributed by atoms with E-state index in [9.17, 15) is 9.59 Å². The summed E-state index contributed by atoms with van der Waals surface area (Å²) in [6.45, 7) is 6.49. The molecule has 2 aliphatic heterocycles. The Morgan fingerprint density at radius 1 is 1.13 bits per heavy atom. The van der Waals surface area contributed by atoms with E-state index in [-0.39, 0.29) is 17.7 Å². The molecule has 31 heavy (non-hydrogen) atoms. The minimum absolute atomic E-state index is 0.0136. The zero-order valence-corrected chi connectivity index (χ0v) is 17.9. The number of nitrogens with zero attached hydrogens (tertiary/aromatic N) is 4. The van der Waals surface area contributed by atoms with E-state index in [1.54, 1.807) is 6.20 Å². The molecule has 2 aliphatic rings. The van der Waals surface area contributed by atoms with Crippen molar-refractivity contribution >= 4 is 11.8 Å². The summed E-state index contributed by atoms with van der Waals surface area (Å²) in [6.07, 6.45) is 4.82. The number of carbonyl (C=O) groups excluding carboxylic acids is 2. The first-order valence-corrected chi connectivity index (χ1v) is 11.1. The van der Waals surface area contributed by atoms with Gasteiger partial charge >= 0.3 is 0 Å². The average molecular weight is 426 g/mol. The second-order valence-electron chi connectivity index (χ2n) is 8.28. The Kier molecular flexibility index (Phi) is 7.32. The zero-order valence-electron chi connectivity index (χ0n) is 17.9. The number of hydrogen-bond acceptors (Lipinski definition) is 5. The van der Waals surface area contributed by atoms with Crippen molar-refractivity contribution in [2.24, 2.45) is 5.92 Å². The lowest BCUT2D eigenvalue weighted by Gasteiger charge is -2.34. The lowest BCUT2D eigenvalue weighted by Crippen LogP contribution is -2.49. The van der Waals surface area contributed by atoms with Gasteiger partial charge in [-0.05, 0) is 12.0 Å². The standard InChI is InChI=1S/C23H31N5O3/c29-22-7-6-21(18-27(22)9-8-26-10-12-31-13-11-26)23(30)24-14-20-15-25-28(17-20)16-19-4-2-1-3-5-19/h1-5,15,17,21H,6-14,16,18H2,(H,24,30)/t21-/m0/s1. The topological polar surface area (TPSA) is 79.7 Å². The van der Waals surface area contributed by atoms with E-state index in [4.69, 9.17) is 4.74 Å². The largest absolute Gasteiger partial charge is 0.379 e.